The van der Waals surface area contributed by atoms with E-state index in [-0.39, 0.29) is 0 Å². The van der Waals surface area contributed by atoms with Crippen LogP contribution in [0.15, 0.2) is 52.9 Å². The summed E-state index contributed by atoms with van der Waals surface area (Å²) in [6, 6.07) is 15.3. The van der Waals surface area contributed by atoms with Gasteiger partial charge in [0.15, 0.2) is 0 Å². The Morgan fingerprint density at radius 1 is 0.895 bits per heavy atom. The van der Waals surface area contributed by atoms with Crippen molar-refractivity contribution < 1.29 is 4.42 Å². The van der Waals surface area contributed by atoms with E-state index in [0.717, 1.165) is 16.7 Å². The average molecular weight is 251 g/mol. The van der Waals surface area contributed by atoms with Crippen molar-refractivity contribution in [3.8, 4) is 22.9 Å². The molecule has 4 nitrogen and oxygen atoms in total. The van der Waals surface area contributed by atoms with Crippen LogP contribution in [0.25, 0.3) is 22.9 Å². The van der Waals surface area contributed by atoms with E-state index >= 15 is 0 Å². The molecule has 0 unspecified atom stereocenters. The largest absolute Gasteiger partial charge is 0.416 e. The van der Waals surface area contributed by atoms with Crippen LogP contribution >= 0.6 is 0 Å². The van der Waals surface area contributed by atoms with Crippen molar-refractivity contribution in [3.63, 3.8) is 0 Å². The molecule has 0 aliphatic heterocycles. The van der Waals surface area contributed by atoms with Gasteiger partial charge in [0.05, 0.1) is 0 Å². The van der Waals surface area contributed by atoms with Crippen molar-refractivity contribution in [3.05, 3.63) is 54.1 Å². The number of nitrogens with two attached hydrogens (primary N) is 1. The molecule has 2 aromatic carbocycles. The van der Waals surface area contributed by atoms with E-state index in [1.807, 2.05) is 55.5 Å². The topological polar surface area (TPSA) is 64.9 Å². The van der Waals surface area contributed by atoms with Crippen LogP contribution in [0.3, 0.4) is 0 Å². The number of nitrogens with zero attached hydrogens (tertiary/aromatic N) is 2. The third-order valence-electron chi connectivity index (χ3n) is 2.96. The number of hydrogen-bond acceptors (Lipinski definition) is 4. The Hall–Kier alpha value is -2.62. The molecular formula is C15H13N3O. The maximum absolute atomic E-state index is 5.71. The first kappa shape index (κ1) is 11.5. The molecule has 3 aromatic rings. The Kier molecular flexibility index (Phi) is 2.76. The summed E-state index contributed by atoms with van der Waals surface area (Å²) in [4.78, 5) is 0. The smallest absolute Gasteiger partial charge is 0.248 e. The predicted octanol–water partition coefficient (Wildman–Crippen LogP) is 3.29. The van der Waals surface area contributed by atoms with Crippen LogP contribution in [-0.2, 0) is 0 Å². The lowest BCUT2D eigenvalue weighted by molar-refractivity contribution is 0.584. The highest BCUT2D eigenvalue weighted by Crippen LogP contribution is 2.26. The number of rotatable bonds is 2. The highest BCUT2D eigenvalue weighted by Gasteiger charge is 2.11. The van der Waals surface area contributed by atoms with Crippen LogP contribution in [0, 0.1) is 6.92 Å². The molecule has 19 heavy (non-hydrogen) atoms. The Morgan fingerprint density at radius 3 is 2.32 bits per heavy atom. The molecule has 2 N–H and O–H groups in total. The molecule has 0 aliphatic rings. The number of benzene rings is 2. The number of anilines is 1. The van der Waals surface area contributed by atoms with Crippen LogP contribution in [0.2, 0.25) is 0 Å². The molecule has 0 spiro atoms. The Morgan fingerprint density at radius 2 is 1.58 bits per heavy atom. The second-order valence-corrected chi connectivity index (χ2v) is 4.35. The standard InChI is InChI=1S/C15H13N3O/c1-10-4-2-3-5-13(10)15-18-17-14(19-15)11-6-8-12(16)9-7-11/h2-9H,16H2,1H3. The lowest BCUT2D eigenvalue weighted by atomic mass is 10.1. The average Bonchev–Trinajstić information content (AvgIpc) is 2.89. The zero-order valence-corrected chi connectivity index (χ0v) is 10.5. The van der Waals surface area contributed by atoms with Gasteiger partial charge >= 0.3 is 0 Å². The summed E-state index contributed by atoms with van der Waals surface area (Å²) >= 11 is 0. The van der Waals surface area contributed by atoms with Crippen LogP contribution in [-0.4, -0.2) is 10.2 Å². The van der Waals surface area contributed by atoms with Crippen molar-refractivity contribution in [1.29, 1.82) is 0 Å². The number of hydrogen-bond donors (Lipinski definition) is 1. The molecule has 0 radical (unpaired) electrons. The quantitative estimate of drug-likeness (QED) is 0.710. The van der Waals surface area contributed by atoms with Gasteiger partial charge in [-0.05, 0) is 42.8 Å². The van der Waals surface area contributed by atoms with Gasteiger partial charge in [0.2, 0.25) is 11.8 Å². The molecule has 0 atom stereocenters. The van der Waals surface area contributed by atoms with E-state index in [1.165, 1.54) is 0 Å². The third kappa shape index (κ3) is 2.20. The first-order valence-electron chi connectivity index (χ1n) is 5.99. The highest BCUT2D eigenvalue weighted by molar-refractivity contribution is 5.61. The zero-order chi connectivity index (χ0) is 13.2. The van der Waals surface area contributed by atoms with Crippen LogP contribution < -0.4 is 5.73 Å². The van der Waals surface area contributed by atoms with E-state index in [0.29, 0.717) is 17.5 Å². The first-order chi connectivity index (χ1) is 9.24. The molecule has 1 heterocycles. The maximum Gasteiger partial charge on any atom is 0.248 e. The number of aryl methyl sites for hydroxylation is 1. The van der Waals surface area contributed by atoms with Crippen molar-refractivity contribution in [2.75, 3.05) is 5.73 Å². The van der Waals surface area contributed by atoms with Gasteiger partial charge in [-0.3, -0.25) is 0 Å². The van der Waals surface area contributed by atoms with E-state index in [2.05, 4.69) is 10.2 Å². The van der Waals surface area contributed by atoms with Gasteiger partial charge in [-0.25, -0.2) is 0 Å². The molecule has 1 aromatic heterocycles. The van der Waals surface area contributed by atoms with Crippen LogP contribution in [0.4, 0.5) is 5.69 Å². The summed E-state index contributed by atoms with van der Waals surface area (Å²) in [7, 11) is 0. The van der Waals surface area contributed by atoms with Gasteiger partial charge in [-0.1, -0.05) is 18.2 Å². The Balaban J connectivity index is 2.00. The summed E-state index contributed by atoms with van der Waals surface area (Å²) in [6.07, 6.45) is 0. The minimum atomic E-state index is 0.498. The Bertz CT molecular complexity index is 701. The van der Waals surface area contributed by atoms with Crippen molar-refractivity contribution >= 4 is 5.69 Å². The molecular weight excluding hydrogens is 238 g/mol. The van der Waals surface area contributed by atoms with Gasteiger partial charge in [0.25, 0.3) is 0 Å². The molecule has 94 valence electrons. The minimum Gasteiger partial charge on any atom is -0.416 e. The maximum atomic E-state index is 5.71. The third-order valence-corrected chi connectivity index (χ3v) is 2.96. The Labute approximate surface area is 110 Å². The second-order valence-electron chi connectivity index (χ2n) is 4.35. The van der Waals surface area contributed by atoms with Gasteiger partial charge in [0, 0.05) is 16.8 Å². The van der Waals surface area contributed by atoms with E-state index < -0.39 is 0 Å². The summed E-state index contributed by atoms with van der Waals surface area (Å²) < 4.78 is 5.71. The van der Waals surface area contributed by atoms with E-state index in [9.17, 15) is 0 Å². The van der Waals surface area contributed by atoms with Gasteiger partial charge in [0.1, 0.15) is 0 Å². The molecule has 0 aliphatic carbocycles. The second kappa shape index (κ2) is 4.57. The van der Waals surface area contributed by atoms with Gasteiger partial charge in [-0.2, -0.15) is 0 Å². The minimum absolute atomic E-state index is 0.498. The molecule has 0 saturated carbocycles. The van der Waals surface area contributed by atoms with Crippen molar-refractivity contribution in [2.24, 2.45) is 0 Å². The van der Waals surface area contributed by atoms with E-state index in [1.54, 1.807) is 0 Å². The van der Waals surface area contributed by atoms with Crippen molar-refractivity contribution in [2.45, 2.75) is 6.92 Å². The van der Waals surface area contributed by atoms with Gasteiger partial charge in [-0.15, -0.1) is 10.2 Å². The normalized spacial score (nSPS) is 10.6. The highest BCUT2D eigenvalue weighted by atomic mass is 16.4. The van der Waals surface area contributed by atoms with Crippen LogP contribution in [0.5, 0.6) is 0 Å². The molecule has 4 heteroatoms. The fourth-order valence-electron chi connectivity index (χ4n) is 1.89. The zero-order valence-electron chi connectivity index (χ0n) is 10.5. The molecule has 0 bridgehead atoms. The molecule has 0 amide bonds. The van der Waals surface area contributed by atoms with E-state index in [4.69, 9.17) is 10.2 Å². The number of aromatic nitrogens is 2. The van der Waals surface area contributed by atoms with Crippen molar-refractivity contribution in [1.82, 2.24) is 10.2 Å². The fourth-order valence-corrected chi connectivity index (χ4v) is 1.89. The predicted molar refractivity (Wildman–Crippen MR) is 74.3 cm³/mol. The van der Waals surface area contributed by atoms with Gasteiger partial charge < -0.3 is 10.2 Å². The molecule has 0 fully saturated rings. The number of nitrogen functional groups attached to an aromatic ring is 1. The molecule has 0 saturated heterocycles. The molecule has 3 rings (SSSR count). The van der Waals surface area contributed by atoms with Crippen LogP contribution in [0.1, 0.15) is 5.56 Å². The lowest BCUT2D eigenvalue weighted by Crippen LogP contribution is -1.83. The monoisotopic (exact) mass is 251 g/mol. The first-order valence-corrected chi connectivity index (χ1v) is 5.99. The summed E-state index contributed by atoms with van der Waals surface area (Å²) in [5, 5.41) is 8.17. The lowest BCUT2D eigenvalue weighted by Gasteiger charge is -1.99. The SMILES string of the molecule is Cc1ccccc1-c1nnc(-c2ccc(N)cc2)o1. The summed E-state index contributed by atoms with van der Waals surface area (Å²) in [5.74, 6) is 1.03. The summed E-state index contributed by atoms with van der Waals surface area (Å²) in [6.45, 7) is 2.02. The summed E-state index contributed by atoms with van der Waals surface area (Å²) in [5.41, 5.74) is 9.29. The fraction of sp³-hybridized carbons (Fsp3) is 0.0667.